The van der Waals surface area contributed by atoms with Crippen molar-refractivity contribution in [1.29, 1.82) is 0 Å². The summed E-state index contributed by atoms with van der Waals surface area (Å²) >= 11 is 0. The van der Waals surface area contributed by atoms with Gasteiger partial charge in [-0.15, -0.1) is 0 Å². The Morgan fingerprint density at radius 2 is 1.96 bits per heavy atom. The van der Waals surface area contributed by atoms with E-state index in [0.717, 1.165) is 31.4 Å². The Balaban J connectivity index is 1.26. The lowest BCUT2D eigenvalue weighted by Gasteiger charge is -2.17. The van der Waals surface area contributed by atoms with Crippen molar-refractivity contribution in [1.82, 2.24) is 10.2 Å². The van der Waals surface area contributed by atoms with Crippen molar-refractivity contribution in [3.05, 3.63) is 76.6 Å². The van der Waals surface area contributed by atoms with Crippen molar-refractivity contribution in [2.45, 2.75) is 19.0 Å². The largest absolute Gasteiger partial charge is 0.484 e. The lowest BCUT2D eigenvalue weighted by molar-refractivity contribution is -0.123. The molecule has 144 valence electrons. The summed E-state index contributed by atoms with van der Waals surface area (Å²) in [4.78, 5) is 25.9. The minimum Gasteiger partial charge on any atom is -0.484 e. The van der Waals surface area contributed by atoms with Gasteiger partial charge in [0.1, 0.15) is 11.3 Å². The molecule has 1 atom stereocenters. The number of rotatable bonds is 6. The van der Waals surface area contributed by atoms with Crippen LogP contribution in [0.5, 0.6) is 5.75 Å². The molecule has 1 aliphatic heterocycles. The quantitative estimate of drug-likeness (QED) is 0.668. The molecule has 2 aromatic carbocycles. The summed E-state index contributed by atoms with van der Waals surface area (Å²) < 4.78 is 10.7. The lowest BCUT2D eigenvalue weighted by atomic mass is 10.2. The van der Waals surface area contributed by atoms with Crippen molar-refractivity contribution in [3.8, 4) is 5.75 Å². The second kappa shape index (κ2) is 8.27. The van der Waals surface area contributed by atoms with Crippen LogP contribution in [0, 0.1) is 0 Å². The van der Waals surface area contributed by atoms with E-state index in [2.05, 4.69) is 22.3 Å². The van der Waals surface area contributed by atoms with Crippen molar-refractivity contribution >= 4 is 16.9 Å². The SMILES string of the molecule is O=C(COc1ccc2ccc(=O)oc2c1)NC1CCN(Cc2ccccc2)C1. The zero-order valence-electron chi connectivity index (χ0n) is 15.5. The molecule has 6 nitrogen and oxygen atoms in total. The standard InChI is InChI=1S/C22H22N2O4/c25-21(15-27-19-8-6-17-7-9-22(26)28-20(17)12-19)23-18-10-11-24(14-18)13-16-4-2-1-3-5-16/h1-9,12,18H,10-11,13-15H2,(H,23,25). The Kier molecular flexibility index (Phi) is 5.39. The number of amides is 1. The van der Waals surface area contributed by atoms with Crippen LogP contribution in [0.4, 0.5) is 0 Å². The molecule has 0 radical (unpaired) electrons. The van der Waals surface area contributed by atoms with E-state index in [1.54, 1.807) is 24.3 Å². The van der Waals surface area contributed by atoms with E-state index in [4.69, 9.17) is 9.15 Å². The molecule has 1 aromatic heterocycles. The van der Waals surface area contributed by atoms with Crippen molar-refractivity contribution < 1.29 is 13.9 Å². The average Bonchev–Trinajstić information content (AvgIpc) is 3.13. The molecule has 1 amide bonds. The Hall–Kier alpha value is -3.12. The van der Waals surface area contributed by atoms with Gasteiger partial charge in [0.2, 0.25) is 0 Å². The van der Waals surface area contributed by atoms with Crippen LogP contribution in [0.25, 0.3) is 11.0 Å². The number of benzene rings is 2. The maximum absolute atomic E-state index is 12.2. The highest BCUT2D eigenvalue weighted by molar-refractivity contribution is 5.79. The Bertz CT molecular complexity index is 1020. The number of nitrogens with one attached hydrogen (secondary N) is 1. The predicted molar refractivity (Wildman–Crippen MR) is 106 cm³/mol. The van der Waals surface area contributed by atoms with Gasteiger partial charge < -0.3 is 14.5 Å². The van der Waals surface area contributed by atoms with Crippen LogP contribution >= 0.6 is 0 Å². The minimum atomic E-state index is -0.413. The number of fused-ring (bicyclic) bond motifs is 1. The molecule has 0 aliphatic carbocycles. The monoisotopic (exact) mass is 378 g/mol. The first-order valence-electron chi connectivity index (χ1n) is 9.38. The molecule has 1 unspecified atom stereocenters. The number of hydrogen-bond donors (Lipinski definition) is 1. The van der Waals surface area contributed by atoms with E-state index in [1.165, 1.54) is 11.6 Å². The zero-order chi connectivity index (χ0) is 19.3. The van der Waals surface area contributed by atoms with E-state index < -0.39 is 5.63 Å². The summed E-state index contributed by atoms with van der Waals surface area (Å²) in [5.41, 5.74) is 1.31. The van der Waals surface area contributed by atoms with Crippen LogP contribution in [0.15, 0.2) is 69.9 Å². The molecule has 3 aromatic rings. The third-order valence-electron chi connectivity index (χ3n) is 4.85. The molecule has 1 saturated heterocycles. The second-order valence-electron chi connectivity index (χ2n) is 7.02. The molecule has 0 bridgehead atoms. The zero-order valence-corrected chi connectivity index (χ0v) is 15.5. The molecule has 6 heteroatoms. The van der Waals surface area contributed by atoms with Gasteiger partial charge >= 0.3 is 5.63 Å². The maximum Gasteiger partial charge on any atom is 0.336 e. The smallest absolute Gasteiger partial charge is 0.336 e. The third kappa shape index (κ3) is 4.58. The summed E-state index contributed by atoms with van der Waals surface area (Å²) in [7, 11) is 0. The average molecular weight is 378 g/mol. The summed E-state index contributed by atoms with van der Waals surface area (Å²) in [6, 6.07) is 18.7. The van der Waals surface area contributed by atoms with Crippen molar-refractivity contribution in [3.63, 3.8) is 0 Å². The van der Waals surface area contributed by atoms with Gasteiger partial charge in [0.25, 0.3) is 5.91 Å². The van der Waals surface area contributed by atoms with E-state index in [-0.39, 0.29) is 18.6 Å². The fraction of sp³-hybridized carbons (Fsp3) is 0.273. The minimum absolute atomic E-state index is 0.0717. The summed E-state index contributed by atoms with van der Waals surface area (Å²) in [5.74, 6) is 0.343. The van der Waals surface area contributed by atoms with Crippen LogP contribution in [0.3, 0.4) is 0 Å². The highest BCUT2D eigenvalue weighted by Crippen LogP contribution is 2.19. The first-order chi connectivity index (χ1) is 13.7. The lowest BCUT2D eigenvalue weighted by Crippen LogP contribution is -2.39. The highest BCUT2D eigenvalue weighted by atomic mass is 16.5. The van der Waals surface area contributed by atoms with Crippen molar-refractivity contribution in [2.75, 3.05) is 19.7 Å². The molecule has 28 heavy (non-hydrogen) atoms. The first-order valence-corrected chi connectivity index (χ1v) is 9.38. The van der Waals surface area contributed by atoms with Gasteiger partial charge in [0.15, 0.2) is 6.61 Å². The molecular weight excluding hydrogens is 356 g/mol. The van der Waals surface area contributed by atoms with E-state index >= 15 is 0 Å². The normalized spacial score (nSPS) is 16.9. The third-order valence-corrected chi connectivity index (χ3v) is 4.85. The summed E-state index contributed by atoms with van der Waals surface area (Å²) in [6.45, 7) is 2.62. The van der Waals surface area contributed by atoms with Crippen LogP contribution in [-0.2, 0) is 11.3 Å². The van der Waals surface area contributed by atoms with Gasteiger partial charge in [-0.2, -0.15) is 0 Å². The fourth-order valence-electron chi connectivity index (χ4n) is 3.48. The maximum atomic E-state index is 12.2. The predicted octanol–water partition coefficient (Wildman–Crippen LogP) is 2.56. The Morgan fingerprint density at radius 1 is 1.14 bits per heavy atom. The Morgan fingerprint density at radius 3 is 2.82 bits per heavy atom. The molecule has 4 rings (SSSR count). The Labute approximate surface area is 162 Å². The van der Waals surface area contributed by atoms with Gasteiger partial charge in [-0.1, -0.05) is 30.3 Å². The highest BCUT2D eigenvalue weighted by Gasteiger charge is 2.23. The molecule has 1 N–H and O–H groups in total. The van der Waals surface area contributed by atoms with Gasteiger partial charge in [-0.3, -0.25) is 9.69 Å². The number of ether oxygens (including phenoxy) is 1. The molecule has 2 heterocycles. The molecule has 0 spiro atoms. The summed E-state index contributed by atoms with van der Waals surface area (Å²) in [5, 5.41) is 3.84. The summed E-state index contributed by atoms with van der Waals surface area (Å²) in [6.07, 6.45) is 0.930. The number of nitrogens with zero attached hydrogens (tertiary/aromatic N) is 1. The fourth-order valence-corrected chi connectivity index (χ4v) is 3.48. The molecule has 1 fully saturated rings. The van der Waals surface area contributed by atoms with E-state index in [0.29, 0.717) is 11.3 Å². The molecular formula is C22H22N2O4. The van der Waals surface area contributed by atoms with E-state index in [1.807, 2.05) is 18.2 Å². The van der Waals surface area contributed by atoms with Gasteiger partial charge in [0, 0.05) is 43.2 Å². The second-order valence-corrected chi connectivity index (χ2v) is 7.02. The van der Waals surface area contributed by atoms with Crippen LogP contribution < -0.4 is 15.7 Å². The van der Waals surface area contributed by atoms with Crippen LogP contribution in [0.1, 0.15) is 12.0 Å². The van der Waals surface area contributed by atoms with E-state index in [9.17, 15) is 9.59 Å². The number of likely N-dealkylation sites (tertiary alicyclic amines) is 1. The molecule has 1 aliphatic rings. The topological polar surface area (TPSA) is 71.8 Å². The van der Waals surface area contributed by atoms with Crippen LogP contribution in [-0.4, -0.2) is 36.5 Å². The molecule has 0 saturated carbocycles. The van der Waals surface area contributed by atoms with Gasteiger partial charge in [-0.05, 0) is 30.2 Å². The van der Waals surface area contributed by atoms with Gasteiger partial charge in [0.05, 0.1) is 0 Å². The van der Waals surface area contributed by atoms with Crippen LogP contribution in [0.2, 0.25) is 0 Å². The van der Waals surface area contributed by atoms with Crippen molar-refractivity contribution in [2.24, 2.45) is 0 Å². The number of carbonyl (C=O) groups is 1. The number of carbonyl (C=O) groups excluding carboxylic acids is 1. The number of hydrogen-bond acceptors (Lipinski definition) is 5. The van der Waals surface area contributed by atoms with Gasteiger partial charge in [-0.25, -0.2) is 4.79 Å². The first kappa shape index (κ1) is 18.3.